The van der Waals surface area contributed by atoms with Crippen LogP contribution < -0.4 is 10.2 Å². The molecule has 0 amide bonds. The second-order valence-corrected chi connectivity index (χ2v) is 8.18. The number of hydrogen-bond donors (Lipinski definition) is 2. The van der Waals surface area contributed by atoms with Gasteiger partial charge in [0.05, 0.1) is 5.69 Å². The summed E-state index contributed by atoms with van der Waals surface area (Å²) in [5, 5.41) is 13.3. The first-order valence-corrected chi connectivity index (χ1v) is 11.8. The van der Waals surface area contributed by atoms with Crippen molar-refractivity contribution in [1.82, 2.24) is 10.3 Å². The number of carbonyl (C=O) groups is 1. The molecule has 32 heavy (non-hydrogen) atoms. The Bertz CT molecular complexity index is 858. The summed E-state index contributed by atoms with van der Waals surface area (Å²) in [6.07, 6.45) is 7.31. The number of aliphatic carboxylic acids is 1. The Hall–Kier alpha value is -2.51. The van der Waals surface area contributed by atoms with E-state index in [1.54, 1.807) is 13.1 Å². The smallest absolute Gasteiger partial charge is 0.333 e. The molecule has 6 nitrogen and oxygen atoms in total. The van der Waals surface area contributed by atoms with Gasteiger partial charge in [-0.2, -0.15) is 0 Å². The standard InChI is InChI=1S/C25H35N3O3S/c1-4-6-7-8-9-15-26-25(32)28(3)21-12-10-11-20(17-21)22-14-13-19(18-27-22)16-23(24(29)30)31-5-2/h10-14,17-18,23H,4-9,15-16H2,1-3H3,(H,26,32)(H,29,30)/t23-/m0/s1. The number of carboxylic acid groups (broad SMARTS) is 1. The number of benzene rings is 1. The van der Waals surface area contributed by atoms with Gasteiger partial charge in [0, 0.05) is 44.1 Å². The van der Waals surface area contributed by atoms with Crippen molar-refractivity contribution in [3.63, 3.8) is 0 Å². The number of carboxylic acids is 1. The third-order valence-corrected chi connectivity index (χ3v) is 5.70. The fourth-order valence-electron chi connectivity index (χ4n) is 3.38. The topological polar surface area (TPSA) is 74.7 Å². The van der Waals surface area contributed by atoms with Crippen molar-refractivity contribution in [2.24, 2.45) is 0 Å². The van der Waals surface area contributed by atoms with Gasteiger partial charge in [0.15, 0.2) is 11.2 Å². The fourth-order valence-corrected chi connectivity index (χ4v) is 3.59. The lowest BCUT2D eigenvalue weighted by molar-refractivity contribution is -0.149. The summed E-state index contributed by atoms with van der Waals surface area (Å²) in [6, 6.07) is 11.9. The second kappa shape index (κ2) is 13.8. The Balaban J connectivity index is 1.98. The molecule has 0 saturated heterocycles. The van der Waals surface area contributed by atoms with Crippen molar-refractivity contribution in [1.29, 1.82) is 0 Å². The summed E-state index contributed by atoms with van der Waals surface area (Å²) in [5.74, 6) is -0.961. The van der Waals surface area contributed by atoms with Crippen LogP contribution in [0.3, 0.4) is 0 Å². The Kier molecular flexibility index (Phi) is 11.1. The highest BCUT2D eigenvalue weighted by Gasteiger charge is 2.18. The van der Waals surface area contributed by atoms with Crippen LogP contribution in [-0.2, 0) is 16.0 Å². The molecule has 0 aliphatic carbocycles. The number of unbranched alkanes of at least 4 members (excludes halogenated alkanes) is 4. The molecule has 0 fully saturated rings. The van der Waals surface area contributed by atoms with E-state index in [1.165, 1.54) is 25.7 Å². The highest BCUT2D eigenvalue weighted by Crippen LogP contribution is 2.23. The van der Waals surface area contributed by atoms with Crippen LogP contribution >= 0.6 is 12.2 Å². The Labute approximate surface area is 197 Å². The molecular formula is C25H35N3O3S. The zero-order valence-electron chi connectivity index (χ0n) is 19.3. The summed E-state index contributed by atoms with van der Waals surface area (Å²) in [5.41, 5.74) is 3.61. The molecule has 7 heteroatoms. The highest BCUT2D eigenvalue weighted by atomic mass is 32.1. The average Bonchev–Trinajstić information content (AvgIpc) is 2.81. The fraction of sp³-hybridized carbons (Fsp3) is 0.480. The van der Waals surface area contributed by atoms with E-state index in [4.69, 9.17) is 17.0 Å². The van der Waals surface area contributed by atoms with Crippen molar-refractivity contribution in [2.75, 3.05) is 25.1 Å². The molecule has 0 spiro atoms. The van der Waals surface area contributed by atoms with Gasteiger partial charge in [0.2, 0.25) is 0 Å². The maximum atomic E-state index is 11.3. The van der Waals surface area contributed by atoms with Crippen LogP contribution in [0.1, 0.15) is 51.5 Å². The van der Waals surface area contributed by atoms with Crippen LogP contribution in [0, 0.1) is 0 Å². The van der Waals surface area contributed by atoms with E-state index in [0.29, 0.717) is 11.7 Å². The molecule has 1 atom stereocenters. The second-order valence-electron chi connectivity index (χ2n) is 7.79. The van der Waals surface area contributed by atoms with E-state index in [1.807, 2.05) is 42.3 Å². The molecule has 174 valence electrons. The van der Waals surface area contributed by atoms with Crippen molar-refractivity contribution < 1.29 is 14.6 Å². The molecule has 2 rings (SSSR count). The number of nitrogens with one attached hydrogen (secondary N) is 1. The van der Waals surface area contributed by atoms with Gasteiger partial charge in [-0.05, 0) is 49.3 Å². The van der Waals surface area contributed by atoms with Crippen LogP contribution in [0.2, 0.25) is 0 Å². The summed E-state index contributed by atoms with van der Waals surface area (Å²) in [4.78, 5) is 17.8. The Morgan fingerprint density at radius 2 is 1.97 bits per heavy atom. The molecule has 1 heterocycles. The minimum atomic E-state index is -0.961. The van der Waals surface area contributed by atoms with E-state index in [0.717, 1.165) is 35.5 Å². The molecule has 0 radical (unpaired) electrons. The molecule has 0 bridgehead atoms. The molecule has 0 unspecified atom stereocenters. The number of ether oxygens (including phenoxy) is 1. The van der Waals surface area contributed by atoms with E-state index >= 15 is 0 Å². The normalized spacial score (nSPS) is 11.7. The minimum absolute atomic E-state index is 0.289. The molecule has 0 saturated carbocycles. The number of hydrogen-bond acceptors (Lipinski definition) is 4. The first kappa shape index (κ1) is 25.7. The van der Waals surface area contributed by atoms with Crippen LogP contribution in [0.15, 0.2) is 42.6 Å². The number of anilines is 1. The first-order chi connectivity index (χ1) is 15.5. The highest BCUT2D eigenvalue weighted by molar-refractivity contribution is 7.80. The summed E-state index contributed by atoms with van der Waals surface area (Å²) < 4.78 is 5.29. The van der Waals surface area contributed by atoms with E-state index in [2.05, 4.69) is 23.3 Å². The Morgan fingerprint density at radius 3 is 2.62 bits per heavy atom. The van der Waals surface area contributed by atoms with Crippen molar-refractivity contribution in [3.05, 3.63) is 48.2 Å². The molecule has 1 aromatic carbocycles. The molecule has 0 aliphatic rings. The third-order valence-electron chi connectivity index (χ3n) is 5.28. The maximum absolute atomic E-state index is 11.3. The zero-order valence-corrected chi connectivity index (χ0v) is 20.2. The lowest BCUT2D eigenvalue weighted by Gasteiger charge is -2.22. The predicted molar refractivity (Wildman–Crippen MR) is 134 cm³/mol. The van der Waals surface area contributed by atoms with Gasteiger partial charge in [0.25, 0.3) is 0 Å². The lowest BCUT2D eigenvalue weighted by Crippen LogP contribution is -2.37. The zero-order chi connectivity index (χ0) is 23.3. The average molecular weight is 458 g/mol. The summed E-state index contributed by atoms with van der Waals surface area (Å²) in [7, 11) is 1.96. The molecule has 2 N–H and O–H groups in total. The maximum Gasteiger partial charge on any atom is 0.333 e. The number of pyridine rings is 1. The van der Waals surface area contributed by atoms with E-state index in [-0.39, 0.29) is 6.42 Å². The van der Waals surface area contributed by atoms with E-state index in [9.17, 15) is 9.90 Å². The largest absolute Gasteiger partial charge is 0.479 e. The van der Waals surface area contributed by atoms with Crippen molar-refractivity contribution in [2.45, 2.75) is 58.5 Å². The van der Waals surface area contributed by atoms with Crippen LogP contribution in [0.25, 0.3) is 11.3 Å². The quantitative estimate of drug-likeness (QED) is 0.322. The molecule has 0 aliphatic heterocycles. The van der Waals surface area contributed by atoms with E-state index < -0.39 is 12.1 Å². The number of thiocarbonyl (C=S) groups is 1. The number of nitrogens with zero attached hydrogens (tertiary/aromatic N) is 2. The van der Waals surface area contributed by atoms with Crippen LogP contribution in [0.5, 0.6) is 0 Å². The Morgan fingerprint density at radius 1 is 1.19 bits per heavy atom. The van der Waals surface area contributed by atoms with Crippen molar-refractivity contribution in [3.8, 4) is 11.3 Å². The van der Waals surface area contributed by atoms with Gasteiger partial charge in [-0.3, -0.25) is 4.98 Å². The third kappa shape index (κ3) is 8.20. The lowest BCUT2D eigenvalue weighted by atomic mass is 10.1. The SMILES string of the molecule is CCCCCCCNC(=S)N(C)c1cccc(-c2ccc(C[C@H](OCC)C(=O)O)cn2)c1. The first-order valence-electron chi connectivity index (χ1n) is 11.4. The van der Waals surface area contributed by atoms with Gasteiger partial charge >= 0.3 is 5.97 Å². The van der Waals surface area contributed by atoms with Gasteiger partial charge in [0.1, 0.15) is 0 Å². The predicted octanol–water partition coefficient (Wildman–Crippen LogP) is 5.06. The van der Waals surface area contributed by atoms with Gasteiger partial charge in [-0.15, -0.1) is 0 Å². The van der Waals surface area contributed by atoms with Gasteiger partial charge < -0.3 is 20.1 Å². The summed E-state index contributed by atoms with van der Waals surface area (Å²) in [6.45, 7) is 5.25. The number of rotatable bonds is 13. The van der Waals surface area contributed by atoms with Crippen molar-refractivity contribution >= 4 is 29.0 Å². The van der Waals surface area contributed by atoms with Crippen LogP contribution in [0.4, 0.5) is 5.69 Å². The molecule has 2 aromatic rings. The number of aromatic nitrogens is 1. The minimum Gasteiger partial charge on any atom is -0.479 e. The summed E-state index contributed by atoms with van der Waals surface area (Å²) >= 11 is 5.56. The molecule has 1 aromatic heterocycles. The molecular weight excluding hydrogens is 422 g/mol. The van der Waals surface area contributed by atoms with Gasteiger partial charge in [-0.25, -0.2) is 4.79 Å². The van der Waals surface area contributed by atoms with Crippen LogP contribution in [-0.4, -0.2) is 47.5 Å². The monoisotopic (exact) mass is 457 g/mol. The van der Waals surface area contributed by atoms with Gasteiger partial charge in [-0.1, -0.05) is 50.8 Å².